The average Bonchev–Trinajstić information content (AvgIpc) is 2.10. The van der Waals surface area contributed by atoms with Crippen LogP contribution < -0.4 is 0 Å². The first kappa shape index (κ1) is 10.2. The lowest BCUT2D eigenvalue weighted by atomic mass is 10.2. The van der Waals surface area contributed by atoms with Gasteiger partial charge in [0.25, 0.3) is 0 Å². The molecule has 0 aliphatic rings. The van der Waals surface area contributed by atoms with Gasteiger partial charge in [0.1, 0.15) is 0 Å². The van der Waals surface area contributed by atoms with Crippen LogP contribution in [0, 0.1) is 11.6 Å². The molecule has 0 aliphatic carbocycles. The van der Waals surface area contributed by atoms with Gasteiger partial charge in [-0.05, 0) is 23.8 Å². The largest absolute Gasteiger partial charge is 0.503 e. The maximum Gasteiger partial charge on any atom is 0.328 e. The third kappa shape index (κ3) is 2.29. The van der Waals surface area contributed by atoms with Crippen molar-refractivity contribution in [3.05, 3.63) is 35.4 Å². The molecule has 0 radical (unpaired) electrons. The highest BCUT2D eigenvalue weighted by Gasteiger charge is 2.07. The van der Waals surface area contributed by atoms with E-state index in [1.165, 1.54) is 0 Å². The first-order chi connectivity index (χ1) is 6.50. The SMILES string of the molecule is O=C(O)C=Cc1cc(F)c(O)c(F)c1. The van der Waals surface area contributed by atoms with Crippen LogP contribution in [0.25, 0.3) is 6.08 Å². The summed E-state index contributed by atoms with van der Waals surface area (Å²) >= 11 is 0. The minimum Gasteiger partial charge on any atom is -0.503 e. The molecule has 2 N–H and O–H groups in total. The molecule has 0 aromatic heterocycles. The van der Waals surface area contributed by atoms with Crippen molar-refractivity contribution >= 4 is 12.0 Å². The lowest BCUT2D eigenvalue weighted by Crippen LogP contribution is -1.88. The summed E-state index contributed by atoms with van der Waals surface area (Å²) in [6.07, 6.45) is 1.76. The Morgan fingerprint density at radius 1 is 1.29 bits per heavy atom. The average molecular weight is 200 g/mol. The summed E-state index contributed by atoms with van der Waals surface area (Å²) < 4.78 is 25.4. The second-order valence-corrected chi connectivity index (χ2v) is 2.50. The van der Waals surface area contributed by atoms with Crippen molar-refractivity contribution in [2.45, 2.75) is 0 Å². The van der Waals surface area contributed by atoms with Gasteiger partial charge in [-0.3, -0.25) is 0 Å². The van der Waals surface area contributed by atoms with Crippen LogP contribution in [0.4, 0.5) is 8.78 Å². The van der Waals surface area contributed by atoms with E-state index < -0.39 is 23.4 Å². The van der Waals surface area contributed by atoms with Crippen molar-refractivity contribution < 1.29 is 23.8 Å². The minimum absolute atomic E-state index is 0.0280. The van der Waals surface area contributed by atoms with Crippen LogP contribution in [0.1, 0.15) is 5.56 Å². The molecule has 1 rings (SSSR count). The first-order valence-electron chi connectivity index (χ1n) is 3.59. The van der Waals surface area contributed by atoms with Crippen LogP contribution in [-0.4, -0.2) is 16.2 Å². The fraction of sp³-hybridized carbons (Fsp3) is 0. The molecule has 0 spiro atoms. The van der Waals surface area contributed by atoms with Crippen molar-refractivity contribution in [3.8, 4) is 5.75 Å². The van der Waals surface area contributed by atoms with E-state index >= 15 is 0 Å². The van der Waals surface area contributed by atoms with Gasteiger partial charge < -0.3 is 10.2 Å². The Bertz CT molecular complexity index is 376. The normalized spacial score (nSPS) is 10.7. The fourth-order valence-corrected chi connectivity index (χ4v) is 0.849. The third-order valence-corrected chi connectivity index (χ3v) is 1.46. The van der Waals surface area contributed by atoms with Crippen LogP contribution >= 0.6 is 0 Å². The van der Waals surface area contributed by atoms with Crippen molar-refractivity contribution in [1.82, 2.24) is 0 Å². The number of carboxylic acid groups (broad SMARTS) is 1. The molecule has 1 aromatic rings. The summed E-state index contributed by atoms with van der Waals surface area (Å²) in [6.45, 7) is 0. The Morgan fingerprint density at radius 2 is 1.79 bits per heavy atom. The molecular formula is C9H6F2O3. The Morgan fingerprint density at radius 3 is 2.21 bits per heavy atom. The summed E-state index contributed by atoms with van der Waals surface area (Å²) in [5, 5.41) is 17.0. The van der Waals surface area contributed by atoms with E-state index in [9.17, 15) is 13.6 Å². The summed E-state index contributed by atoms with van der Waals surface area (Å²) in [6, 6.07) is 1.66. The van der Waals surface area contributed by atoms with E-state index in [2.05, 4.69) is 0 Å². The van der Waals surface area contributed by atoms with Crippen LogP contribution in [0.3, 0.4) is 0 Å². The highest BCUT2D eigenvalue weighted by Crippen LogP contribution is 2.21. The summed E-state index contributed by atoms with van der Waals surface area (Å²) in [4.78, 5) is 10.1. The Labute approximate surface area is 77.9 Å². The summed E-state index contributed by atoms with van der Waals surface area (Å²) in [7, 11) is 0. The Balaban J connectivity index is 3.07. The molecule has 0 aliphatic heterocycles. The molecule has 0 atom stereocenters. The maximum absolute atomic E-state index is 12.7. The topological polar surface area (TPSA) is 57.5 Å². The first-order valence-corrected chi connectivity index (χ1v) is 3.59. The van der Waals surface area contributed by atoms with E-state index in [0.29, 0.717) is 0 Å². The zero-order chi connectivity index (χ0) is 10.7. The summed E-state index contributed by atoms with van der Waals surface area (Å²) in [5.41, 5.74) is 0.0280. The number of halogens is 2. The van der Waals surface area contributed by atoms with Gasteiger partial charge in [-0.1, -0.05) is 0 Å². The van der Waals surface area contributed by atoms with E-state index in [-0.39, 0.29) is 5.56 Å². The van der Waals surface area contributed by atoms with Crippen molar-refractivity contribution in [3.63, 3.8) is 0 Å². The van der Waals surface area contributed by atoms with Gasteiger partial charge in [0, 0.05) is 6.08 Å². The molecule has 0 fully saturated rings. The second-order valence-electron chi connectivity index (χ2n) is 2.50. The quantitative estimate of drug-likeness (QED) is 0.715. The summed E-state index contributed by atoms with van der Waals surface area (Å²) in [5.74, 6) is -4.55. The van der Waals surface area contributed by atoms with E-state index in [4.69, 9.17) is 10.2 Å². The highest BCUT2D eigenvalue weighted by atomic mass is 19.1. The molecule has 0 heterocycles. The number of aromatic hydroxyl groups is 1. The zero-order valence-corrected chi connectivity index (χ0v) is 6.87. The van der Waals surface area contributed by atoms with Crippen molar-refractivity contribution in [1.29, 1.82) is 0 Å². The standard InChI is InChI=1S/C9H6F2O3/c10-6-3-5(1-2-8(12)13)4-7(11)9(6)14/h1-4,14H,(H,12,13). The number of hydrogen-bond donors (Lipinski definition) is 2. The predicted molar refractivity (Wildman–Crippen MR) is 44.7 cm³/mol. The molecule has 14 heavy (non-hydrogen) atoms. The third-order valence-electron chi connectivity index (χ3n) is 1.46. The predicted octanol–water partition coefficient (Wildman–Crippen LogP) is 1.77. The van der Waals surface area contributed by atoms with Gasteiger partial charge in [-0.15, -0.1) is 0 Å². The van der Waals surface area contributed by atoms with Crippen molar-refractivity contribution in [2.75, 3.05) is 0 Å². The number of carboxylic acids is 1. The van der Waals surface area contributed by atoms with E-state index in [1.54, 1.807) is 0 Å². The molecule has 5 heteroatoms. The fourth-order valence-electron chi connectivity index (χ4n) is 0.849. The Kier molecular flexibility index (Phi) is 2.81. The molecule has 74 valence electrons. The monoisotopic (exact) mass is 200 g/mol. The van der Waals surface area contributed by atoms with Crippen LogP contribution in [-0.2, 0) is 4.79 Å². The van der Waals surface area contributed by atoms with Gasteiger partial charge in [0.2, 0.25) is 0 Å². The second kappa shape index (κ2) is 3.87. The Hall–Kier alpha value is -1.91. The number of phenolic OH excluding ortho intramolecular Hbond substituents is 1. The number of phenols is 1. The van der Waals surface area contributed by atoms with Crippen LogP contribution in [0.2, 0.25) is 0 Å². The number of aliphatic carboxylic acids is 1. The maximum atomic E-state index is 12.7. The molecule has 0 saturated heterocycles. The van der Waals surface area contributed by atoms with Crippen LogP contribution in [0.15, 0.2) is 18.2 Å². The smallest absolute Gasteiger partial charge is 0.328 e. The number of rotatable bonds is 2. The van der Waals surface area contributed by atoms with E-state index in [1.807, 2.05) is 0 Å². The molecule has 0 unspecified atom stereocenters. The highest BCUT2D eigenvalue weighted by molar-refractivity contribution is 5.85. The number of carbonyl (C=O) groups is 1. The van der Waals surface area contributed by atoms with Gasteiger partial charge in [0.05, 0.1) is 0 Å². The number of hydrogen-bond acceptors (Lipinski definition) is 2. The van der Waals surface area contributed by atoms with Gasteiger partial charge in [0.15, 0.2) is 17.4 Å². The molecular weight excluding hydrogens is 194 g/mol. The molecule has 0 amide bonds. The zero-order valence-electron chi connectivity index (χ0n) is 6.87. The van der Waals surface area contributed by atoms with Crippen LogP contribution in [0.5, 0.6) is 5.75 Å². The molecule has 3 nitrogen and oxygen atoms in total. The van der Waals surface area contributed by atoms with Crippen molar-refractivity contribution in [2.24, 2.45) is 0 Å². The lowest BCUT2D eigenvalue weighted by molar-refractivity contribution is -0.131. The van der Waals surface area contributed by atoms with Gasteiger partial charge >= 0.3 is 5.97 Å². The lowest BCUT2D eigenvalue weighted by Gasteiger charge is -1.98. The van der Waals surface area contributed by atoms with Gasteiger partial charge in [-0.2, -0.15) is 0 Å². The molecule has 0 saturated carbocycles. The molecule has 1 aromatic carbocycles. The number of benzene rings is 1. The van der Waals surface area contributed by atoms with Gasteiger partial charge in [-0.25, -0.2) is 13.6 Å². The molecule has 0 bridgehead atoms. The van der Waals surface area contributed by atoms with E-state index in [0.717, 1.165) is 24.3 Å². The minimum atomic E-state index is -1.22.